The average molecular weight is 311 g/mol. The van der Waals surface area contributed by atoms with Crippen LogP contribution in [0.4, 0.5) is 10.1 Å². The number of primary amides is 1. The molecule has 0 unspecified atom stereocenters. The molecule has 0 aromatic heterocycles. The highest BCUT2D eigenvalue weighted by Gasteiger charge is 2.12. The molecule has 0 saturated heterocycles. The Hall–Kier alpha value is -1.91. The molecule has 102 valence electrons. The third kappa shape index (κ3) is 2.98. The number of carbonyl (C=O) groups is 1. The Morgan fingerprint density at radius 1 is 1.15 bits per heavy atom. The second-order valence-electron chi connectivity index (χ2n) is 3.89. The maximum Gasteiger partial charge on any atom is 0.252 e. The molecule has 0 bridgehead atoms. The number of nitrogens with zero attached hydrogens (tertiary/aromatic N) is 1. The zero-order valence-corrected chi connectivity index (χ0v) is 11.6. The average Bonchev–Trinajstić information content (AvgIpc) is 2.37. The maximum absolute atomic E-state index is 13.6. The lowest BCUT2D eigenvalue weighted by molar-refractivity contribution is 0.100. The predicted molar refractivity (Wildman–Crippen MR) is 78.6 cm³/mol. The molecule has 2 N–H and O–H groups in total. The number of carbonyl (C=O) groups excluding carboxylic acids is 1. The Balaban J connectivity index is 2.47. The fraction of sp³-hybridized carbons (Fsp3) is 0. The van der Waals surface area contributed by atoms with Gasteiger partial charge >= 0.3 is 0 Å². The van der Waals surface area contributed by atoms with E-state index in [1.54, 1.807) is 18.2 Å². The Kier molecular flexibility index (Phi) is 4.37. The molecule has 20 heavy (non-hydrogen) atoms. The first-order valence-corrected chi connectivity index (χ1v) is 6.32. The number of nitrogens with two attached hydrogens (primary N) is 1. The third-order valence-corrected chi connectivity index (χ3v) is 3.22. The van der Waals surface area contributed by atoms with Crippen molar-refractivity contribution in [3.8, 4) is 0 Å². The molecule has 0 aliphatic heterocycles. The van der Waals surface area contributed by atoms with Crippen molar-refractivity contribution in [3.05, 3.63) is 63.4 Å². The van der Waals surface area contributed by atoms with Gasteiger partial charge < -0.3 is 5.73 Å². The summed E-state index contributed by atoms with van der Waals surface area (Å²) in [6.45, 7) is 0. The number of hydrogen-bond acceptors (Lipinski definition) is 2. The Morgan fingerprint density at radius 3 is 2.45 bits per heavy atom. The molecule has 2 rings (SSSR count). The summed E-state index contributed by atoms with van der Waals surface area (Å²) in [6, 6.07) is 8.99. The SMILES string of the molecule is NC(=O)c1c(Cl)cccc1N=Cc1c(F)cccc1Cl. The predicted octanol–water partition coefficient (Wildman–Crippen LogP) is 3.98. The van der Waals surface area contributed by atoms with Gasteiger partial charge in [-0.05, 0) is 24.3 Å². The van der Waals surface area contributed by atoms with Gasteiger partial charge in [0.05, 0.1) is 21.3 Å². The highest BCUT2D eigenvalue weighted by molar-refractivity contribution is 6.34. The van der Waals surface area contributed by atoms with Crippen LogP contribution in [0.15, 0.2) is 41.4 Å². The summed E-state index contributed by atoms with van der Waals surface area (Å²) in [7, 11) is 0. The van der Waals surface area contributed by atoms with Crippen molar-refractivity contribution >= 4 is 41.0 Å². The molecular weight excluding hydrogens is 302 g/mol. The first-order valence-electron chi connectivity index (χ1n) is 5.57. The lowest BCUT2D eigenvalue weighted by atomic mass is 10.1. The van der Waals surface area contributed by atoms with Gasteiger partial charge in [-0.3, -0.25) is 9.79 Å². The standard InChI is InChI=1S/C14H9Cl2FN2O/c15-9-3-1-5-11(17)8(9)7-19-12-6-2-4-10(16)13(12)14(18)20/h1-7H,(H2,18,20). The molecule has 3 nitrogen and oxygen atoms in total. The van der Waals surface area contributed by atoms with Gasteiger partial charge in [0.15, 0.2) is 0 Å². The fourth-order valence-electron chi connectivity index (χ4n) is 1.63. The van der Waals surface area contributed by atoms with Gasteiger partial charge in [-0.25, -0.2) is 4.39 Å². The summed E-state index contributed by atoms with van der Waals surface area (Å²) in [6.07, 6.45) is 1.23. The van der Waals surface area contributed by atoms with Crippen LogP contribution in [0.5, 0.6) is 0 Å². The summed E-state index contributed by atoms with van der Waals surface area (Å²) in [5, 5.41) is 0.406. The van der Waals surface area contributed by atoms with Crippen LogP contribution in [0.3, 0.4) is 0 Å². The number of rotatable bonds is 3. The minimum Gasteiger partial charge on any atom is -0.365 e. The van der Waals surface area contributed by atoms with Crippen molar-refractivity contribution in [1.82, 2.24) is 0 Å². The van der Waals surface area contributed by atoms with Gasteiger partial charge in [-0.15, -0.1) is 0 Å². The molecule has 0 fully saturated rings. The molecule has 0 radical (unpaired) electrons. The van der Waals surface area contributed by atoms with Gasteiger partial charge in [0.2, 0.25) is 0 Å². The molecule has 0 heterocycles. The van der Waals surface area contributed by atoms with E-state index in [-0.39, 0.29) is 26.9 Å². The van der Waals surface area contributed by atoms with Crippen molar-refractivity contribution in [1.29, 1.82) is 0 Å². The van der Waals surface area contributed by atoms with Crippen LogP contribution in [0.2, 0.25) is 10.0 Å². The molecule has 2 aromatic carbocycles. The second-order valence-corrected chi connectivity index (χ2v) is 4.71. The maximum atomic E-state index is 13.6. The van der Waals surface area contributed by atoms with E-state index in [0.29, 0.717) is 0 Å². The van der Waals surface area contributed by atoms with Crippen LogP contribution in [-0.2, 0) is 0 Å². The van der Waals surface area contributed by atoms with Crippen LogP contribution >= 0.6 is 23.2 Å². The van der Waals surface area contributed by atoms with Crippen molar-refractivity contribution in [2.24, 2.45) is 10.7 Å². The summed E-state index contributed by atoms with van der Waals surface area (Å²) >= 11 is 11.8. The van der Waals surface area contributed by atoms with Crippen LogP contribution in [-0.4, -0.2) is 12.1 Å². The first kappa shape index (κ1) is 14.5. The van der Waals surface area contributed by atoms with Gasteiger partial charge in [0.1, 0.15) is 5.82 Å². The number of amides is 1. The van der Waals surface area contributed by atoms with E-state index in [1.165, 1.54) is 24.4 Å². The van der Waals surface area contributed by atoms with Crippen LogP contribution in [0, 0.1) is 5.82 Å². The van der Waals surface area contributed by atoms with Crippen molar-refractivity contribution in [2.45, 2.75) is 0 Å². The van der Waals surface area contributed by atoms with Crippen LogP contribution in [0.1, 0.15) is 15.9 Å². The Labute approximate surface area is 124 Å². The van der Waals surface area contributed by atoms with E-state index in [2.05, 4.69) is 4.99 Å². The van der Waals surface area contributed by atoms with E-state index in [9.17, 15) is 9.18 Å². The van der Waals surface area contributed by atoms with Crippen LogP contribution < -0.4 is 5.73 Å². The molecule has 0 aliphatic rings. The fourth-order valence-corrected chi connectivity index (χ4v) is 2.11. The van der Waals surface area contributed by atoms with Crippen molar-refractivity contribution < 1.29 is 9.18 Å². The molecular formula is C14H9Cl2FN2O. The molecule has 0 aliphatic carbocycles. The lowest BCUT2D eigenvalue weighted by Gasteiger charge is -2.04. The smallest absolute Gasteiger partial charge is 0.252 e. The summed E-state index contributed by atoms with van der Waals surface area (Å²) < 4.78 is 13.6. The molecule has 6 heteroatoms. The van der Waals surface area contributed by atoms with Crippen molar-refractivity contribution in [3.63, 3.8) is 0 Å². The second kappa shape index (κ2) is 6.03. The number of benzene rings is 2. The Morgan fingerprint density at radius 2 is 1.80 bits per heavy atom. The molecule has 2 aromatic rings. The molecule has 0 atom stereocenters. The highest BCUT2D eigenvalue weighted by Crippen LogP contribution is 2.27. The minimum absolute atomic E-state index is 0.0814. The minimum atomic E-state index is -0.706. The van der Waals surface area contributed by atoms with Gasteiger partial charge in [-0.2, -0.15) is 0 Å². The zero-order chi connectivity index (χ0) is 14.7. The van der Waals surface area contributed by atoms with Gasteiger partial charge in [0.25, 0.3) is 5.91 Å². The zero-order valence-electron chi connectivity index (χ0n) is 10.1. The largest absolute Gasteiger partial charge is 0.365 e. The van der Waals surface area contributed by atoms with E-state index < -0.39 is 11.7 Å². The molecule has 0 spiro atoms. The third-order valence-electron chi connectivity index (χ3n) is 2.57. The van der Waals surface area contributed by atoms with Gasteiger partial charge in [-0.1, -0.05) is 35.3 Å². The lowest BCUT2D eigenvalue weighted by Crippen LogP contribution is -2.11. The summed E-state index contributed by atoms with van der Waals surface area (Å²) in [5.74, 6) is -1.22. The molecule has 0 saturated carbocycles. The number of hydrogen-bond donors (Lipinski definition) is 1. The summed E-state index contributed by atoms with van der Waals surface area (Å²) in [4.78, 5) is 15.4. The van der Waals surface area contributed by atoms with E-state index in [4.69, 9.17) is 28.9 Å². The first-order chi connectivity index (χ1) is 9.50. The topological polar surface area (TPSA) is 55.5 Å². The quantitative estimate of drug-likeness (QED) is 0.856. The van der Waals surface area contributed by atoms with Crippen molar-refractivity contribution in [2.75, 3.05) is 0 Å². The van der Waals surface area contributed by atoms with E-state index in [1.807, 2.05) is 0 Å². The number of halogens is 3. The Bertz CT molecular complexity index is 681. The highest BCUT2D eigenvalue weighted by atomic mass is 35.5. The van der Waals surface area contributed by atoms with Crippen LogP contribution in [0.25, 0.3) is 0 Å². The summed E-state index contributed by atoms with van der Waals surface area (Å²) in [5.41, 5.74) is 5.71. The normalized spacial score (nSPS) is 10.9. The van der Waals surface area contributed by atoms with E-state index in [0.717, 1.165) is 0 Å². The number of aliphatic imine (C=N–C) groups is 1. The molecule has 1 amide bonds. The van der Waals surface area contributed by atoms with E-state index >= 15 is 0 Å². The monoisotopic (exact) mass is 310 g/mol. The van der Waals surface area contributed by atoms with Gasteiger partial charge in [0, 0.05) is 11.8 Å².